The molecule has 2 amide bonds. The molecule has 2 rings (SSSR count). The van der Waals surface area contributed by atoms with Crippen molar-refractivity contribution in [3.63, 3.8) is 0 Å². The number of carbonyl (C=O) groups is 2. The minimum Gasteiger partial charge on any atom is -0.444 e. The Morgan fingerprint density at radius 2 is 2.05 bits per heavy atom. The number of carbonyl (C=O) groups excluding carboxylic acids is 2. The Bertz CT molecular complexity index is 608. The predicted octanol–water partition coefficient (Wildman–Crippen LogP) is 1.51. The quantitative estimate of drug-likeness (QED) is 0.814. The second-order valence-electron chi connectivity index (χ2n) is 6.23. The molecular formula is C13H20BrN5O3. The van der Waals surface area contributed by atoms with Gasteiger partial charge in [-0.3, -0.25) is 4.79 Å². The molecule has 1 aliphatic heterocycles. The summed E-state index contributed by atoms with van der Waals surface area (Å²) < 4.78 is 7.20. The monoisotopic (exact) mass is 373 g/mol. The first-order valence-corrected chi connectivity index (χ1v) is 7.70. The zero-order valence-corrected chi connectivity index (χ0v) is 14.4. The number of amides is 2. The average molecular weight is 374 g/mol. The molecule has 0 unspecified atom stereocenters. The fraction of sp³-hybridized carbons (Fsp3) is 0.615. The lowest BCUT2D eigenvalue weighted by Gasteiger charge is -2.24. The highest BCUT2D eigenvalue weighted by Gasteiger charge is 2.33. The smallest absolute Gasteiger partial charge is 0.410 e. The van der Waals surface area contributed by atoms with Gasteiger partial charge in [-0.15, -0.1) is 0 Å². The molecule has 0 radical (unpaired) electrons. The zero-order chi connectivity index (χ0) is 16.7. The van der Waals surface area contributed by atoms with Gasteiger partial charge in [0.1, 0.15) is 21.6 Å². The molecule has 1 aliphatic rings. The van der Waals surface area contributed by atoms with E-state index < -0.39 is 11.5 Å². The fourth-order valence-corrected chi connectivity index (χ4v) is 2.93. The molecule has 1 aromatic rings. The minimum atomic E-state index is -0.641. The normalized spacial score (nSPS) is 18.5. The van der Waals surface area contributed by atoms with Gasteiger partial charge in [0.2, 0.25) is 0 Å². The number of rotatable bonds is 2. The van der Waals surface area contributed by atoms with Gasteiger partial charge in [-0.1, -0.05) is 0 Å². The zero-order valence-electron chi connectivity index (χ0n) is 12.8. The number of hydrogen-bond donors (Lipinski definition) is 2. The average Bonchev–Trinajstić information content (AvgIpc) is 2.91. The number of nitrogens with two attached hydrogens (primary N) is 2. The van der Waals surface area contributed by atoms with Crippen LogP contribution in [0, 0.1) is 0 Å². The van der Waals surface area contributed by atoms with Crippen LogP contribution >= 0.6 is 15.9 Å². The highest BCUT2D eigenvalue weighted by atomic mass is 79.9. The largest absolute Gasteiger partial charge is 0.444 e. The number of ether oxygens (including phenoxy) is 1. The van der Waals surface area contributed by atoms with Crippen molar-refractivity contribution in [2.45, 2.75) is 38.8 Å². The Morgan fingerprint density at radius 1 is 1.41 bits per heavy atom. The fourth-order valence-electron chi connectivity index (χ4n) is 2.36. The molecule has 1 fully saturated rings. The van der Waals surface area contributed by atoms with Crippen molar-refractivity contribution in [2.24, 2.45) is 5.73 Å². The maximum absolute atomic E-state index is 12.1. The molecule has 22 heavy (non-hydrogen) atoms. The Hall–Kier alpha value is -1.77. The minimum absolute atomic E-state index is 0.114. The molecule has 1 aromatic heterocycles. The van der Waals surface area contributed by atoms with E-state index in [2.05, 4.69) is 21.0 Å². The van der Waals surface area contributed by atoms with Gasteiger partial charge in [0.05, 0.1) is 6.04 Å². The summed E-state index contributed by atoms with van der Waals surface area (Å²) in [6.45, 7) is 6.43. The van der Waals surface area contributed by atoms with Crippen LogP contribution < -0.4 is 11.5 Å². The third kappa shape index (κ3) is 3.34. The topological polar surface area (TPSA) is 116 Å². The van der Waals surface area contributed by atoms with Crippen LogP contribution in [0.4, 0.5) is 10.6 Å². The number of hydrogen-bond acceptors (Lipinski definition) is 5. The van der Waals surface area contributed by atoms with Crippen LogP contribution in [0.25, 0.3) is 0 Å². The number of anilines is 1. The molecule has 8 nitrogen and oxygen atoms in total. The number of aromatic nitrogens is 2. The summed E-state index contributed by atoms with van der Waals surface area (Å²) in [5, 5.41) is 4.21. The maximum atomic E-state index is 12.1. The molecule has 0 spiro atoms. The third-order valence-electron chi connectivity index (χ3n) is 3.31. The van der Waals surface area contributed by atoms with E-state index in [-0.39, 0.29) is 23.5 Å². The summed E-state index contributed by atoms with van der Waals surface area (Å²) in [7, 11) is 0. The van der Waals surface area contributed by atoms with Crippen molar-refractivity contribution in [1.82, 2.24) is 14.7 Å². The second-order valence-corrected chi connectivity index (χ2v) is 6.98. The van der Waals surface area contributed by atoms with Crippen LogP contribution in [0.3, 0.4) is 0 Å². The van der Waals surface area contributed by atoms with E-state index in [0.29, 0.717) is 24.1 Å². The lowest BCUT2D eigenvalue weighted by Crippen LogP contribution is -2.35. The van der Waals surface area contributed by atoms with Gasteiger partial charge in [-0.2, -0.15) is 5.10 Å². The summed E-state index contributed by atoms with van der Waals surface area (Å²) in [4.78, 5) is 25.0. The van der Waals surface area contributed by atoms with Crippen molar-refractivity contribution in [3.05, 3.63) is 10.2 Å². The van der Waals surface area contributed by atoms with Gasteiger partial charge in [0.25, 0.3) is 5.91 Å². The van der Waals surface area contributed by atoms with Crippen LogP contribution in [-0.4, -0.2) is 45.4 Å². The van der Waals surface area contributed by atoms with Gasteiger partial charge in [0, 0.05) is 13.1 Å². The van der Waals surface area contributed by atoms with Gasteiger partial charge < -0.3 is 21.1 Å². The summed E-state index contributed by atoms with van der Waals surface area (Å²) in [6.07, 6.45) is 0.311. The molecule has 0 aromatic carbocycles. The standard InChI is InChI=1S/C13H20BrN5O3/c1-13(2,3)22-12(21)18-5-4-7(6-18)19-10(15)8(11(16)20)9(14)17-19/h7H,4-6,15H2,1-3H3,(H2,16,20)/t7-/m0/s1. The van der Waals surface area contributed by atoms with E-state index in [1.807, 2.05) is 20.8 Å². The number of nitrogens with zero attached hydrogens (tertiary/aromatic N) is 3. The molecule has 1 saturated heterocycles. The van der Waals surface area contributed by atoms with Gasteiger partial charge >= 0.3 is 6.09 Å². The van der Waals surface area contributed by atoms with Crippen molar-refractivity contribution < 1.29 is 14.3 Å². The molecule has 122 valence electrons. The highest BCUT2D eigenvalue weighted by molar-refractivity contribution is 9.10. The van der Waals surface area contributed by atoms with Gasteiger partial charge in [-0.05, 0) is 43.1 Å². The first-order valence-electron chi connectivity index (χ1n) is 6.91. The van der Waals surface area contributed by atoms with E-state index in [4.69, 9.17) is 16.2 Å². The molecule has 1 atom stereocenters. The lowest BCUT2D eigenvalue weighted by molar-refractivity contribution is 0.0288. The summed E-state index contributed by atoms with van der Waals surface area (Å²) in [5.41, 5.74) is 10.9. The summed E-state index contributed by atoms with van der Waals surface area (Å²) in [6, 6.07) is -0.114. The number of primary amides is 1. The molecule has 0 saturated carbocycles. The number of halogens is 1. The SMILES string of the molecule is CC(C)(C)OC(=O)N1CC[C@H](n2nc(Br)c(C(N)=O)c2N)C1. The van der Waals surface area contributed by atoms with Gasteiger partial charge in [0.15, 0.2) is 0 Å². The van der Waals surface area contributed by atoms with Crippen LogP contribution in [0.15, 0.2) is 4.60 Å². The van der Waals surface area contributed by atoms with E-state index >= 15 is 0 Å². The first-order chi connectivity index (χ1) is 10.1. The Kier molecular flexibility index (Phi) is 4.37. The van der Waals surface area contributed by atoms with Crippen LogP contribution in [-0.2, 0) is 4.74 Å². The lowest BCUT2D eigenvalue weighted by atomic mass is 10.2. The molecular weight excluding hydrogens is 354 g/mol. The first kappa shape index (κ1) is 16.6. The third-order valence-corrected chi connectivity index (χ3v) is 3.87. The molecule has 0 bridgehead atoms. The van der Waals surface area contributed by atoms with Crippen molar-refractivity contribution in [3.8, 4) is 0 Å². The molecule has 9 heteroatoms. The van der Waals surface area contributed by atoms with E-state index in [1.54, 1.807) is 4.90 Å². The maximum Gasteiger partial charge on any atom is 0.410 e. The summed E-state index contributed by atoms with van der Waals surface area (Å²) in [5.74, 6) is -0.437. The van der Waals surface area contributed by atoms with Crippen molar-refractivity contribution in [2.75, 3.05) is 18.8 Å². The van der Waals surface area contributed by atoms with Crippen LogP contribution in [0.5, 0.6) is 0 Å². The highest BCUT2D eigenvalue weighted by Crippen LogP contribution is 2.30. The predicted molar refractivity (Wildman–Crippen MR) is 84.3 cm³/mol. The van der Waals surface area contributed by atoms with Crippen molar-refractivity contribution >= 4 is 33.7 Å². The Morgan fingerprint density at radius 3 is 2.55 bits per heavy atom. The second kappa shape index (κ2) is 5.79. The number of likely N-dealkylation sites (tertiary alicyclic amines) is 1. The number of nitrogen functional groups attached to an aromatic ring is 1. The van der Waals surface area contributed by atoms with Crippen LogP contribution in [0.2, 0.25) is 0 Å². The van der Waals surface area contributed by atoms with Crippen molar-refractivity contribution in [1.29, 1.82) is 0 Å². The van der Waals surface area contributed by atoms with E-state index in [9.17, 15) is 9.59 Å². The molecule has 2 heterocycles. The summed E-state index contributed by atoms with van der Waals surface area (Å²) >= 11 is 3.18. The van der Waals surface area contributed by atoms with E-state index in [1.165, 1.54) is 4.68 Å². The molecule has 0 aliphatic carbocycles. The van der Waals surface area contributed by atoms with Crippen LogP contribution in [0.1, 0.15) is 43.6 Å². The Balaban J connectivity index is 2.13. The van der Waals surface area contributed by atoms with Gasteiger partial charge in [-0.25, -0.2) is 9.48 Å². The van der Waals surface area contributed by atoms with E-state index in [0.717, 1.165) is 0 Å². The molecule has 4 N–H and O–H groups in total. The Labute approximate surface area is 136 Å².